The minimum absolute atomic E-state index is 0.0598. The minimum atomic E-state index is -1.15. The average molecular weight is 681 g/mol. The van der Waals surface area contributed by atoms with Crippen molar-refractivity contribution >= 4 is 28.9 Å². The normalized spacial score (nSPS) is 31.6. The second-order valence-electron chi connectivity index (χ2n) is 14.5. The Bertz CT molecular complexity index is 1520. The average Bonchev–Trinajstić information content (AvgIpc) is 3.71. The number of hydrogen-bond donors (Lipinski definition) is 2. The summed E-state index contributed by atoms with van der Waals surface area (Å²) in [7, 11) is 1.31. The number of benzene rings is 1. The fourth-order valence-corrected chi connectivity index (χ4v) is 8.26. The van der Waals surface area contributed by atoms with E-state index in [-0.39, 0.29) is 37.4 Å². The van der Waals surface area contributed by atoms with Gasteiger partial charge >= 0.3 is 12.1 Å². The number of amides is 2. The smallest absolute Gasteiger partial charge is 0.408 e. The van der Waals surface area contributed by atoms with Gasteiger partial charge in [0.25, 0.3) is 0 Å². The van der Waals surface area contributed by atoms with Crippen molar-refractivity contribution < 1.29 is 37.7 Å². The van der Waals surface area contributed by atoms with Crippen LogP contribution in [0.1, 0.15) is 82.6 Å². The zero-order chi connectivity index (χ0) is 33.9. The second-order valence-corrected chi connectivity index (χ2v) is 14.5. The Morgan fingerprint density at radius 3 is 2.55 bits per heavy atom. The molecule has 7 rings (SSSR count). The summed E-state index contributed by atoms with van der Waals surface area (Å²) < 4.78 is 39.4. The third kappa shape index (κ3) is 7.59. The van der Waals surface area contributed by atoms with Crippen LogP contribution in [0.25, 0.3) is 10.9 Å². The fourth-order valence-electron chi connectivity index (χ4n) is 8.26. The maximum atomic E-state index is 15.1. The van der Waals surface area contributed by atoms with E-state index in [1.165, 1.54) is 12.0 Å². The molecule has 2 bridgehead atoms. The monoisotopic (exact) mass is 680 g/mol. The molecule has 1 aromatic carbocycles. The highest BCUT2D eigenvalue weighted by Crippen LogP contribution is 2.41. The maximum absolute atomic E-state index is 15.1. The number of ether oxygens (including phenoxy) is 4. The van der Waals surface area contributed by atoms with Gasteiger partial charge in [0, 0.05) is 18.4 Å². The first kappa shape index (κ1) is 33.8. The molecule has 2 aliphatic carbocycles. The van der Waals surface area contributed by atoms with Crippen molar-refractivity contribution in [1.82, 2.24) is 20.5 Å². The lowest BCUT2D eigenvalue weighted by Crippen LogP contribution is -2.55. The summed E-state index contributed by atoms with van der Waals surface area (Å²) in [5, 5.41) is 6.84. The minimum Gasteiger partial charge on any atom is -0.486 e. The van der Waals surface area contributed by atoms with E-state index in [2.05, 4.69) is 10.6 Å². The van der Waals surface area contributed by atoms with Crippen LogP contribution >= 0.6 is 0 Å². The van der Waals surface area contributed by atoms with Gasteiger partial charge in [-0.15, -0.1) is 0 Å². The zero-order valence-corrected chi connectivity index (χ0v) is 28.4. The highest BCUT2D eigenvalue weighted by Gasteiger charge is 2.47. The largest absolute Gasteiger partial charge is 0.486 e. The number of hydrogen-bond acceptors (Lipinski definition) is 9. The maximum Gasteiger partial charge on any atom is 0.408 e. The molecule has 7 atom stereocenters. The molecule has 0 spiro atoms. The van der Waals surface area contributed by atoms with Crippen molar-refractivity contribution in [3.63, 3.8) is 0 Å². The number of nitrogens with zero attached hydrogens (tertiary/aromatic N) is 2. The van der Waals surface area contributed by atoms with E-state index in [9.17, 15) is 14.4 Å². The molecular formula is C37H49FN4O7. The van der Waals surface area contributed by atoms with Crippen molar-refractivity contribution in [3.05, 3.63) is 29.8 Å². The molecule has 4 fully saturated rings. The quantitative estimate of drug-likeness (QED) is 0.428. The van der Waals surface area contributed by atoms with Crippen molar-refractivity contribution in [2.75, 3.05) is 26.7 Å². The number of carbonyl (C=O) groups excluding carboxylic acids is 3. The molecule has 11 nitrogen and oxygen atoms in total. The van der Waals surface area contributed by atoms with Crippen LogP contribution in [-0.2, 0) is 25.5 Å². The van der Waals surface area contributed by atoms with Crippen LogP contribution in [0.3, 0.4) is 0 Å². The number of carbonyl (C=O) groups is 3. The highest BCUT2D eigenvalue weighted by atomic mass is 19.1. The number of halogens is 1. The van der Waals surface area contributed by atoms with E-state index in [4.69, 9.17) is 23.9 Å². The molecule has 49 heavy (non-hydrogen) atoms. The van der Waals surface area contributed by atoms with E-state index < -0.39 is 42.5 Å². The molecule has 2 amide bonds. The van der Waals surface area contributed by atoms with Crippen LogP contribution in [0.2, 0.25) is 0 Å². The van der Waals surface area contributed by atoms with Gasteiger partial charge < -0.3 is 34.5 Å². The summed E-state index contributed by atoms with van der Waals surface area (Å²) in [6, 6.07) is 5.96. The molecule has 12 heteroatoms. The SMILES string of the molecule is COC(=O)[C@@H]1C[C@@H]2CN1C(=O)[C@H](C1CCCCC1)NC(=O)O[C@@H]1C[C@H]1CCCCCc1c(nc3ccccc3c1O[C@@H]1CCNC[C@@H]1F)O2. The number of nitrogens with one attached hydrogen (secondary N) is 2. The van der Waals surface area contributed by atoms with Crippen molar-refractivity contribution in [2.45, 2.75) is 120 Å². The first-order chi connectivity index (χ1) is 23.9. The molecule has 1 aromatic heterocycles. The summed E-state index contributed by atoms with van der Waals surface area (Å²) in [6.45, 7) is 1.03. The van der Waals surface area contributed by atoms with Crippen LogP contribution in [0.15, 0.2) is 24.3 Å². The highest BCUT2D eigenvalue weighted by molar-refractivity contribution is 5.91. The van der Waals surface area contributed by atoms with Crippen molar-refractivity contribution in [3.8, 4) is 11.6 Å². The molecule has 3 aliphatic heterocycles. The van der Waals surface area contributed by atoms with Crippen LogP contribution in [-0.4, -0.2) is 91.2 Å². The van der Waals surface area contributed by atoms with E-state index in [1.807, 2.05) is 24.3 Å². The molecule has 5 aliphatic rings. The predicted molar refractivity (Wildman–Crippen MR) is 179 cm³/mol. The van der Waals surface area contributed by atoms with Crippen molar-refractivity contribution in [2.24, 2.45) is 11.8 Å². The summed E-state index contributed by atoms with van der Waals surface area (Å²) in [6.07, 6.45) is 7.47. The molecule has 0 radical (unpaired) electrons. The van der Waals surface area contributed by atoms with Gasteiger partial charge in [0.15, 0.2) is 0 Å². The Labute approximate surface area is 286 Å². The molecule has 2 aromatic rings. The molecule has 266 valence electrons. The predicted octanol–water partition coefficient (Wildman–Crippen LogP) is 5.02. The van der Waals surface area contributed by atoms with Gasteiger partial charge in [0.1, 0.15) is 42.3 Å². The lowest BCUT2D eigenvalue weighted by Gasteiger charge is -2.34. The lowest BCUT2D eigenvalue weighted by molar-refractivity contribution is -0.152. The van der Waals surface area contributed by atoms with Crippen LogP contribution in [0.5, 0.6) is 11.6 Å². The van der Waals surface area contributed by atoms with Gasteiger partial charge in [-0.1, -0.05) is 44.2 Å². The fraction of sp³-hybridized carbons (Fsp3) is 0.676. The first-order valence-electron chi connectivity index (χ1n) is 18.3. The molecule has 2 saturated carbocycles. The summed E-state index contributed by atoms with van der Waals surface area (Å²) in [4.78, 5) is 47.2. The third-order valence-corrected chi connectivity index (χ3v) is 11.1. The number of alkyl halides is 1. The Hall–Kier alpha value is -3.67. The lowest BCUT2D eigenvalue weighted by atomic mass is 9.83. The number of esters is 1. The van der Waals surface area contributed by atoms with Gasteiger partial charge in [0.05, 0.1) is 24.7 Å². The number of pyridine rings is 1. The second kappa shape index (κ2) is 15.1. The number of methoxy groups -OCH3 is 1. The van der Waals surface area contributed by atoms with Crippen LogP contribution in [0, 0.1) is 11.8 Å². The van der Waals surface area contributed by atoms with E-state index in [0.717, 1.165) is 75.2 Å². The molecular weight excluding hydrogens is 631 g/mol. The summed E-state index contributed by atoms with van der Waals surface area (Å²) in [5.41, 5.74) is 1.45. The number of aromatic nitrogens is 1. The summed E-state index contributed by atoms with van der Waals surface area (Å²) in [5.74, 6) is 0.361. The first-order valence-corrected chi connectivity index (χ1v) is 18.3. The van der Waals surface area contributed by atoms with Gasteiger partial charge in [-0.2, -0.15) is 0 Å². The molecule has 0 unspecified atom stereocenters. The Morgan fingerprint density at radius 2 is 1.76 bits per heavy atom. The zero-order valence-electron chi connectivity index (χ0n) is 28.4. The number of para-hydroxylation sites is 1. The number of fused-ring (bicyclic) bond motifs is 5. The van der Waals surface area contributed by atoms with Crippen LogP contribution in [0.4, 0.5) is 9.18 Å². The third-order valence-electron chi connectivity index (χ3n) is 11.1. The van der Waals surface area contributed by atoms with Gasteiger partial charge in [0.2, 0.25) is 11.8 Å². The Kier molecular flexibility index (Phi) is 10.4. The van der Waals surface area contributed by atoms with E-state index in [1.54, 1.807) is 0 Å². The van der Waals surface area contributed by atoms with E-state index >= 15 is 4.39 Å². The van der Waals surface area contributed by atoms with Gasteiger partial charge in [-0.05, 0) is 75.5 Å². The number of rotatable bonds is 4. The van der Waals surface area contributed by atoms with Gasteiger partial charge in [-0.25, -0.2) is 19.0 Å². The Morgan fingerprint density at radius 1 is 0.980 bits per heavy atom. The van der Waals surface area contributed by atoms with E-state index in [0.29, 0.717) is 42.5 Å². The van der Waals surface area contributed by atoms with Gasteiger partial charge in [-0.3, -0.25) is 4.79 Å². The van der Waals surface area contributed by atoms with Crippen LogP contribution < -0.4 is 20.1 Å². The standard InChI is InChI=1S/C37H49FN4O7/c1-46-36(44)29-19-24-21-42(29)35(43)32(22-10-4-2-5-11-22)41-37(45)49-31-18-23(31)12-6-3-7-14-26-33(48-30-16-17-39-20-27(30)38)25-13-8-9-15-28(25)40-34(26)47-24/h8-9,13,15,22-24,27,29-32,39H,2-7,10-12,14,16-21H2,1H3,(H,41,45)/t23-,24-,27+,29+,30-,31-,32+/m1/s1. The number of alkyl carbamates (subject to hydrolysis) is 1. The number of piperidine rings is 1. The topological polar surface area (TPSA) is 128 Å². The Balaban J connectivity index is 1.25. The molecule has 4 heterocycles. The molecule has 2 saturated heterocycles. The van der Waals surface area contributed by atoms with Crippen molar-refractivity contribution in [1.29, 1.82) is 0 Å². The molecule has 2 N–H and O–H groups in total. The summed E-state index contributed by atoms with van der Waals surface area (Å²) >= 11 is 0.